The number of hydrogen-bond donors (Lipinski definition) is 2. The van der Waals surface area contributed by atoms with Gasteiger partial charge in [0.2, 0.25) is 5.96 Å². The molecule has 4 N–H and O–H groups in total. The fourth-order valence-electron chi connectivity index (χ4n) is 1.75. The molecule has 0 saturated carbocycles. The molecule has 7 heteroatoms. The maximum absolute atomic E-state index is 10.9. The van der Waals surface area contributed by atoms with Crippen LogP contribution >= 0.6 is 0 Å². The van der Waals surface area contributed by atoms with Crippen LogP contribution in [-0.4, -0.2) is 16.6 Å². The summed E-state index contributed by atoms with van der Waals surface area (Å²) < 4.78 is 0. The number of guanidine groups is 1. The lowest BCUT2D eigenvalue weighted by Crippen LogP contribution is -2.22. The van der Waals surface area contributed by atoms with Gasteiger partial charge in [0.25, 0.3) is 5.69 Å². The zero-order valence-electron chi connectivity index (χ0n) is 11.0. The Morgan fingerprint density at radius 1 is 0.952 bits per heavy atom. The molecule has 0 spiro atoms. The Kier molecular flexibility index (Phi) is 4.25. The van der Waals surface area contributed by atoms with Crippen LogP contribution in [0.25, 0.3) is 0 Å². The fraction of sp³-hybridized carbons (Fsp3) is 0. The molecule has 0 aliphatic rings. The first-order valence-corrected chi connectivity index (χ1v) is 6.05. The average molecular weight is 283 g/mol. The predicted molar refractivity (Wildman–Crippen MR) is 81.0 cm³/mol. The van der Waals surface area contributed by atoms with Gasteiger partial charge in [0.15, 0.2) is 0 Å². The lowest BCUT2D eigenvalue weighted by atomic mass is 10.0. The molecule has 0 heterocycles. The second-order valence-corrected chi connectivity index (χ2v) is 4.15. The first kappa shape index (κ1) is 14.2. The Bertz CT molecular complexity index is 706. The SMILES string of the molecule is NC(N)=N/N=C(\c1ccccc1)c1cccc([N+](=O)[O-])c1. The van der Waals surface area contributed by atoms with Crippen LogP contribution in [0.2, 0.25) is 0 Å². The van der Waals surface area contributed by atoms with Crippen LogP contribution < -0.4 is 11.5 Å². The molecule has 0 aromatic heterocycles. The van der Waals surface area contributed by atoms with Crippen LogP contribution in [0.15, 0.2) is 64.8 Å². The quantitative estimate of drug-likeness (QED) is 0.383. The van der Waals surface area contributed by atoms with Gasteiger partial charge in [0.05, 0.1) is 4.92 Å². The van der Waals surface area contributed by atoms with Gasteiger partial charge >= 0.3 is 0 Å². The molecule has 0 atom stereocenters. The summed E-state index contributed by atoms with van der Waals surface area (Å²) in [6.07, 6.45) is 0. The van der Waals surface area contributed by atoms with Crippen molar-refractivity contribution in [1.82, 2.24) is 0 Å². The number of nitro benzene ring substituents is 1. The van der Waals surface area contributed by atoms with Crippen LogP contribution in [0, 0.1) is 10.1 Å². The molecule has 0 unspecified atom stereocenters. The average Bonchev–Trinajstić information content (AvgIpc) is 2.48. The molecule has 0 amide bonds. The summed E-state index contributed by atoms with van der Waals surface area (Å²) in [6.45, 7) is 0. The Hall–Kier alpha value is -3.22. The zero-order chi connectivity index (χ0) is 15.2. The summed E-state index contributed by atoms with van der Waals surface area (Å²) in [5, 5.41) is 18.5. The molecule has 0 aliphatic carbocycles. The number of non-ortho nitro benzene ring substituents is 1. The van der Waals surface area contributed by atoms with E-state index in [1.807, 2.05) is 30.3 Å². The van der Waals surface area contributed by atoms with Crippen LogP contribution in [0.3, 0.4) is 0 Å². The van der Waals surface area contributed by atoms with Gasteiger partial charge in [0.1, 0.15) is 5.71 Å². The smallest absolute Gasteiger partial charge is 0.270 e. The van der Waals surface area contributed by atoms with E-state index in [0.717, 1.165) is 5.56 Å². The molecule has 7 nitrogen and oxygen atoms in total. The Labute approximate surface area is 120 Å². The van der Waals surface area contributed by atoms with Crippen molar-refractivity contribution in [3.8, 4) is 0 Å². The van der Waals surface area contributed by atoms with Crippen molar-refractivity contribution in [1.29, 1.82) is 0 Å². The van der Waals surface area contributed by atoms with Crippen molar-refractivity contribution in [3.05, 3.63) is 75.8 Å². The predicted octanol–water partition coefficient (Wildman–Crippen LogP) is 1.62. The highest BCUT2D eigenvalue weighted by Gasteiger charge is 2.12. The van der Waals surface area contributed by atoms with Gasteiger partial charge in [-0.2, -0.15) is 0 Å². The summed E-state index contributed by atoms with van der Waals surface area (Å²) >= 11 is 0. The van der Waals surface area contributed by atoms with E-state index in [1.165, 1.54) is 12.1 Å². The van der Waals surface area contributed by atoms with E-state index >= 15 is 0 Å². The van der Waals surface area contributed by atoms with Crippen LogP contribution in [0.4, 0.5) is 5.69 Å². The largest absolute Gasteiger partial charge is 0.369 e. The van der Waals surface area contributed by atoms with E-state index in [2.05, 4.69) is 10.2 Å². The summed E-state index contributed by atoms with van der Waals surface area (Å²) in [5.41, 5.74) is 12.3. The molecule has 2 rings (SSSR count). The minimum Gasteiger partial charge on any atom is -0.369 e. The molecule has 2 aromatic carbocycles. The second-order valence-electron chi connectivity index (χ2n) is 4.15. The molecule has 2 aromatic rings. The van der Waals surface area contributed by atoms with Gasteiger partial charge in [0, 0.05) is 23.3 Å². The van der Waals surface area contributed by atoms with Crippen molar-refractivity contribution in [2.24, 2.45) is 21.7 Å². The fourth-order valence-corrected chi connectivity index (χ4v) is 1.75. The maximum atomic E-state index is 10.9. The molecule has 106 valence electrons. The maximum Gasteiger partial charge on any atom is 0.270 e. The van der Waals surface area contributed by atoms with E-state index in [9.17, 15) is 10.1 Å². The zero-order valence-corrected chi connectivity index (χ0v) is 11.0. The monoisotopic (exact) mass is 283 g/mol. The molecular weight excluding hydrogens is 270 g/mol. The van der Waals surface area contributed by atoms with Gasteiger partial charge in [-0.15, -0.1) is 10.2 Å². The molecule has 0 fully saturated rings. The van der Waals surface area contributed by atoms with Crippen molar-refractivity contribution in [2.45, 2.75) is 0 Å². The van der Waals surface area contributed by atoms with Crippen molar-refractivity contribution in [2.75, 3.05) is 0 Å². The van der Waals surface area contributed by atoms with E-state index in [0.29, 0.717) is 11.3 Å². The number of benzene rings is 2. The summed E-state index contributed by atoms with van der Waals surface area (Å²) in [7, 11) is 0. The lowest BCUT2D eigenvalue weighted by molar-refractivity contribution is -0.384. The third-order valence-electron chi connectivity index (χ3n) is 2.64. The van der Waals surface area contributed by atoms with Gasteiger partial charge in [-0.3, -0.25) is 10.1 Å². The normalized spacial score (nSPS) is 11.0. The second kappa shape index (κ2) is 6.29. The minimum absolute atomic E-state index is 0.0270. The molecule has 21 heavy (non-hydrogen) atoms. The molecule has 0 radical (unpaired) electrons. The number of hydrogen-bond acceptors (Lipinski definition) is 4. The third kappa shape index (κ3) is 3.63. The molecule has 0 bridgehead atoms. The van der Waals surface area contributed by atoms with Crippen molar-refractivity contribution < 1.29 is 4.92 Å². The number of nitrogens with zero attached hydrogens (tertiary/aromatic N) is 3. The molecular formula is C14H13N5O2. The van der Waals surface area contributed by atoms with E-state index in [4.69, 9.17) is 11.5 Å². The Balaban J connectivity index is 2.55. The Morgan fingerprint density at radius 3 is 2.24 bits per heavy atom. The molecule has 0 saturated heterocycles. The summed E-state index contributed by atoms with van der Waals surface area (Å²) in [6, 6.07) is 15.3. The number of nitrogens with two attached hydrogens (primary N) is 2. The van der Waals surface area contributed by atoms with E-state index in [-0.39, 0.29) is 11.6 Å². The highest BCUT2D eigenvalue weighted by atomic mass is 16.6. The van der Waals surface area contributed by atoms with E-state index in [1.54, 1.807) is 12.1 Å². The lowest BCUT2D eigenvalue weighted by Gasteiger charge is -2.05. The van der Waals surface area contributed by atoms with Crippen LogP contribution in [0.5, 0.6) is 0 Å². The standard InChI is InChI=1S/C14H13N5O2/c15-14(16)18-17-13(10-5-2-1-3-6-10)11-7-4-8-12(9-11)19(20)21/h1-9H,(H4,15,16,18)/b17-13+. The van der Waals surface area contributed by atoms with Crippen molar-refractivity contribution >= 4 is 17.4 Å². The highest BCUT2D eigenvalue weighted by molar-refractivity contribution is 6.13. The van der Waals surface area contributed by atoms with Gasteiger partial charge in [-0.25, -0.2) is 0 Å². The number of nitro groups is 1. The number of rotatable bonds is 4. The molecule has 0 aliphatic heterocycles. The summed E-state index contributed by atoms with van der Waals surface area (Å²) in [4.78, 5) is 10.4. The minimum atomic E-state index is -0.466. The first-order valence-electron chi connectivity index (χ1n) is 6.05. The van der Waals surface area contributed by atoms with E-state index < -0.39 is 4.92 Å². The van der Waals surface area contributed by atoms with Gasteiger partial charge in [-0.05, 0) is 0 Å². The van der Waals surface area contributed by atoms with Gasteiger partial charge < -0.3 is 11.5 Å². The van der Waals surface area contributed by atoms with Gasteiger partial charge in [-0.1, -0.05) is 42.5 Å². The Morgan fingerprint density at radius 2 is 1.62 bits per heavy atom. The van der Waals surface area contributed by atoms with Crippen molar-refractivity contribution in [3.63, 3.8) is 0 Å². The third-order valence-corrected chi connectivity index (χ3v) is 2.64. The topological polar surface area (TPSA) is 120 Å². The van der Waals surface area contributed by atoms with Crippen LogP contribution in [0.1, 0.15) is 11.1 Å². The highest BCUT2D eigenvalue weighted by Crippen LogP contribution is 2.17. The first-order chi connectivity index (χ1) is 10.1. The van der Waals surface area contributed by atoms with Crippen LogP contribution in [-0.2, 0) is 0 Å². The summed E-state index contributed by atoms with van der Waals surface area (Å²) in [5.74, 6) is -0.186.